The number of amides is 1. The second kappa shape index (κ2) is 7.72. The van der Waals surface area contributed by atoms with Crippen LogP contribution in [0.2, 0.25) is 0 Å². The molecule has 9 nitrogen and oxygen atoms in total. The second-order valence-electron chi connectivity index (χ2n) is 5.33. The van der Waals surface area contributed by atoms with E-state index in [4.69, 9.17) is 5.84 Å². The maximum atomic E-state index is 13.4. The predicted octanol–water partition coefficient (Wildman–Crippen LogP) is 2.89. The number of carbonyl (C=O) groups excluding carboxylic acids is 1. The third-order valence-electron chi connectivity index (χ3n) is 3.47. The number of benzene rings is 1. The van der Waals surface area contributed by atoms with Gasteiger partial charge in [-0.05, 0) is 30.5 Å². The number of hydrogen-bond donors (Lipinski definition) is 2. The first-order chi connectivity index (χ1) is 12.9. The van der Waals surface area contributed by atoms with Gasteiger partial charge in [0.2, 0.25) is 16.9 Å². The quantitative estimate of drug-likeness (QED) is 0.278. The Balaban J connectivity index is 1.70. The number of carbonyl (C=O) groups is 1. The van der Waals surface area contributed by atoms with E-state index in [-0.39, 0.29) is 5.69 Å². The topological polar surface area (TPSA) is 129 Å². The van der Waals surface area contributed by atoms with Crippen molar-refractivity contribution in [2.24, 2.45) is 0 Å². The molecule has 2 heterocycles. The van der Waals surface area contributed by atoms with Crippen molar-refractivity contribution >= 4 is 40.4 Å². The van der Waals surface area contributed by atoms with Gasteiger partial charge in [-0.2, -0.15) is 4.39 Å². The number of aromatic nitrogens is 3. The SMILES string of the molecule is CC(Sc1nnc(-c2cccs2)n1N)C(=O)Nc1ccc(F)c([N+](=O)[O-])c1. The zero-order valence-electron chi connectivity index (χ0n) is 13.8. The van der Waals surface area contributed by atoms with Crippen LogP contribution in [0, 0.1) is 15.9 Å². The number of nitrogens with two attached hydrogens (primary N) is 1. The van der Waals surface area contributed by atoms with Crippen molar-refractivity contribution in [1.29, 1.82) is 0 Å². The van der Waals surface area contributed by atoms with Crippen LogP contribution in [0.1, 0.15) is 6.92 Å². The Morgan fingerprint density at radius 2 is 2.22 bits per heavy atom. The zero-order valence-corrected chi connectivity index (χ0v) is 15.5. The number of nitro benzene ring substituents is 1. The van der Waals surface area contributed by atoms with E-state index in [1.807, 2.05) is 17.5 Å². The van der Waals surface area contributed by atoms with Crippen LogP contribution in [0.3, 0.4) is 0 Å². The van der Waals surface area contributed by atoms with Gasteiger partial charge in [0.15, 0.2) is 5.82 Å². The third kappa shape index (κ3) is 4.06. The number of hydrogen-bond acceptors (Lipinski definition) is 8. The van der Waals surface area contributed by atoms with E-state index in [9.17, 15) is 19.3 Å². The molecule has 0 bridgehead atoms. The van der Waals surface area contributed by atoms with Gasteiger partial charge in [0.25, 0.3) is 0 Å². The fourth-order valence-corrected chi connectivity index (χ4v) is 3.59. The number of halogens is 1. The summed E-state index contributed by atoms with van der Waals surface area (Å²) in [6.07, 6.45) is 0. The van der Waals surface area contributed by atoms with E-state index < -0.39 is 27.6 Å². The van der Waals surface area contributed by atoms with E-state index in [2.05, 4.69) is 15.5 Å². The van der Waals surface area contributed by atoms with Gasteiger partial charge in [0.05, 0.1) is 15.1 Å². The molecule has 0 radical (unpaired) electrons. The summed E-state index contributed by atoms with van der Waals surface area (Å²) in [6.45, 7) is 1.62. The molecule has 3 rings (SSSR count). The molecule has 0 spiro atoms. The molecule has 1 aromatic carbocycles. The lowest BCUT2D eigenvalue weighted by atomic mass is 10.2. The molecule has 0 saturated heterocycles. The maximum Gasteiger partial charge on any atom is 0.306 e. The Bertz CT molecular complexity index is 992. The second-order valence-corrected chi connectivity index (χ2v) is 7.58. The van der Waals surface area contributed by atoms with Gasteiger partial charge in [-0.1, -0.05) is 17.8 Å². The lowest BCUT2D eigenvalue weighted by Gasteiger charge is -2.11. The average molecular weight is 408 g/mol. The van der Waals surface area contributed by atoms with Crippen molar-refractivity contribution in [3.63, 3.8) is 0 Å². The largest absolute Gasteiger partial charge is 0.335 e. The Kier molecular flexibility index (Phi) is 5.37. The average Bonchev–Trinajstić information content (AvgIpc) is 3.27. The fourth-order valence-electron chi connectivity index (χ4n) is 2.12. The first-order valence-corrected chi connectivity index (χ1v) is 9.28. The molecule has 0 aliphatic carbocycles. The molecule has 1 atom stereocenters. The summed E-state index contributed by atoms with van der Waals surface area (Å²) in [6, 6.07) is 6.85. The number of nitro groups is 1. The van der Waals surface area contributed by atoms with E-state index >= 15 is 0 Å². The van der Waals surface area contributed by atoms with Gasteiger partial charge in [0, 0.05) is 11.8 Å². The lowest BCUT2D eigenvalue weighted by Crippen LogP contribution is -2.23. The highest BCUT2D eigenvalue weighted by Crippen LogP contribution is 2.28. The molecule has 0 saturated carbocycles. The fraction of sp³-hybridized carbons (Fsp3) is 0.133. The van der Waals surface area contributed by atoms with Gasteiger partial charge >= 0.3 is 5.69 Å². The molecule has 0 aliphatic rings. The Hall–Kier alpha value is -2.99. The zero-order chi connectivity index (χ0) is 19.6. The van der Waals surface area contributed by atoms with Crippen molar-refractivity contribution in [2.75, 3.05) is 11.2 Å². The molecule has 2 aromatic heterocycles. The van der Waals surface area contributed by atoms with Crippen molar-refractivity contribution in [1.82, 2.24) is 14.9 Å². The van der Waals surface area contributed by atoms with Crippen molar-refractivity contribution in [3.8, 4) is 10.7 Å². The van der Waals surface area contributed by atoms with Crippen LogP contribution in [0.15, 0.2) is 40.9 Å². The normalized spacial score (nSPS) is 11.9. The molecular formula is C15H13FN6O3S2. The number of thiophene rings is 1. The number of rotatable bonds is 6. The van der Waals surface area contributed by atoms with E-state index in [0.717, 1.165) is 28.8 Å². The third-order valence-corrected chi connectivity index (χ3v) is 5.39. The highest BCUT2D eigenvalue weighted by Gasteiger charge is 2.21. The first-order valence-electron chi connectivity index (χ1n) is 7.52. The highest BCUT2D eigenvalue weighted by molar-refractivity contribution is 8.00. The van der Waals surface area contributed by atoms with Gasteiger partial charge in [0.1, 0.15) is 0 Å². The molecule has 3 N–H and O–H groups in total. The predicted molar refractivity (Wildman–Crippen MR) is 100 cm³/mol. The molecule has 0 aliphatic heterocycles. The van der Waals surface area contributed by atoms with Crippen LogP contribution in [0.4, 0.5) is 15.8 Å². The molecule has 3 aromatic rings. The summed E-state index contributed by atoms with van der Waals surface area (Å²) in [7, 11) is 0. The summed E-state index contributed by atoms with van der Waals surface area (Å²) >= 11 is 2.54. The Morgan fingerprint density at radius 1 is 1.44 bits per heavy atom. The molecule has 27 heavy (non-hydrogen) atoms. The van der Waals surface area contributed by atoms with Gasteiger partial charge in [-0.3, -0.25) is 14.9 Å². The van der Waals surface area contributed by atoms with Crippen LogP contribution >= 0.6 is 23.1 Å². The molecule has 0 fully saturated rings. The monoisotopic (exact) mass is 408 g/mol. The minimum absolute atomic E-state index is 0.119. The molecule has 12 heteroatoms. The molecule has 140 valence electrons. The van der Waals surface area contributed by atoms with Crippen LogP contribution in [-0.2, 0) is 4.79 Å². The van der Waals surface area contributed by atoms with Crippen LogP contribution in [-0.4, -0.2) is 31.0 Å². The summed E-state index contributed by atoms with van der Waals surface area (Å²) in [5, 5.41) is 22.9. The van der Waals surface area contributed by atoms with Crippen molar-refractivity contribution in [3.05, 3.63) is 51.6 Å². The van der Waals surface area contributed by atoms with Crippen molar-refractivity contribution in [2.45, 2.75) is 17.3 Å². The molecule has 1 unspecified atom stereocenters. The first kappa shape index (κ1) is 18.8. The standard InChI is InChI=1S/C15H13FN6O3S2/c1-8(14(23)18-9-4-5-10(16)11(7-9)22(24)25)27-15-20-19-13(21(15)17)12-3-2-6-26-12/h2-8H,17H2,1H3,(H,18,23). The lowest BCUT2D eigenvalue weighted by molar-refractivity contribution is -0.387. The van der Waals surface area contributed by atoms with Gasteiger partial charge in [-0.25, -0.2) is 4.68 Å². The van der Waals surface area contributed by atoms with Crippen LogP contribution in [0.25, 0.3) is 10.7 Å². The van der Waals surface area contributed by atoms with Crippen molar-refractivity contribution < 1.29 is 14.1 Å². The molecular weight excluding hydrogens is 395 g/mol. The minimum Gasteiger partial charge on any atom is -0.335 e. The van der Waals surface area contributed by atoms with Crippen LogP contribution in [0.5, 0.6) is 0 Å². The number of nitrogens with one attached hydrogen (secondary N) is 1. The summed E-state index contributed by atoms with van der Waals surface area (Å²) in [5.74, 6) is 5.06. The highest BCUT2D eigenvalue weighted by atomic mass is 32.2. The summed E-state index contributed by atoms with van der Waals surface area (Å²) < 4.78 is 14.7. The number of nitrogens with zero attached hydrogens (tertiary/aromatic N) is 4. The maximum absolute atomic E-state index is 13.4. The molecule has 1 amide bonds. The number of nitrogen functional groups attached to an aromatic ring is 1. The Labute approximate surface area is 160 Å². The number of thioether (sulfide) groups is 1. The smallest absolute Gasteiger partial charge is 0.306 e. The van der Waals surface area contributed by atoms with Crippen LogP contribution < -0.4 is 11.2 Å². The van der Waals surface area contributed by atoms with Gasteiger partial charge in [-0.15, -0.1) is 21.5 Å². The van der Waals surface area contributed by atoms with E-state index in [1.54, 1.807) is 6.92 Å². The van der Waals surface area contributed by atoms with E-state index in [1.165, 1.54) is 22.1 Å². The minimum atomic E-state index is -0.974. The van der Waals surface area contributed by atoms with Gasteiger partial charge < -0.3 is 11.2 Å². The number of anilines is 1. The van der Waals surface area contributed by atoms with E-state index in [0.29, 0.717) is 11.0 Å². The summed E-state index contributed by atoms with van der Waals surface area (Å²) in [5.41, 5.74) is -0.593. The Morgan fingerprint density at radius 3 is 2.89 bits per heavy atom. The summed E-state index contributed by atoms with van der Waals surface area (Å²) in [4.78, 5) is 23.1.